The maximum absolute atomic E-state index is 12.8. The van der Waals surface area contributed by atoms with Crippen LogP contribution in [0.15, 0.2) is 60.2 Å². The summed E-state index contributed by atoms with van der Waals surface area (Å²) in [5.74, 6) is 0.704. The minimum absolute atomic E-state index is 0.236. The van der Waals surface area contributed by atoms with E-state index in [0.29, 0.717) is 22.8 Å². The second-order valence-electron chi connectivity index (χ2n) is 5.59. The van der Waals surface area contributed by atoms with Crippen LogP contribution in [0.5, 0.6) is 0 Å². The number of alkyl halides is 3. The first kappa shape index (κ1) is 16.8. The highest BCUT2D eigenvalue weighted by Crippen LogP contribution is 2.31. The third-order valence-electron chi connectivity index (χ3n) is 3.72. The maximum atomic E-state index is 12.8. The summed E-state index contributed by atoms with van der Waals surface area (Å²) < 4.78 is 39.9. The number of nitrogens with zero attached hydrogens (tertiary/aromatic N) is 2. The summed E-state index contributed by atoms with van der Waals surface area (Å²) in [7, 11) is 0. The van der Waals surface area contributed by atoms with Crippen molar-refractivity contribution < 1.29 is 13.2 Å². The number of hydrogen-bond donors (Lipinski definition) is 1. The lowest BCUT2D eigenvalue weighted by Crippen LogP contribution is -2.16. The molecule has 3 rings (SSSR count). The highest BCUT2D eigenvalue weighted by Gasteiger charge is 2.30. The molecule has 25 heavy (non-hydrogen) atoms. The Bertz CT molecular complexity index is 999. The number of halogens is 3. The second kappa shape index (κ2) is 6.08. The fourth-order valence-corrected chi connectivity index (χ4v) is 2.38. The predicted octanol–water partition coefficient (Wildman–Crippen LogP) is 3.95. The Balaban J connectivity index is 1.95. The first-order valence-electron chi connectivity index (χ1n) is 7.37. The summed E-state index contributed by atoms with van der Waals surface area (Å²) in [5, 5.41) is 0. The largest absolute Gasteiger partial charge is 0.416 e. The van der Waals surface area contributed by atoms with E-state index < -0.39 is 11.7 Å². The molecule has 7 heteroatoms. The van der Waals surface area contributed by atoms with Gasteiger partial charge in [-0.2, -0.15) is 13.2 Å². The molecule has 0 spiro atoms. The molecule has 128 valence electrons. The zero-order valence-corrected chi connectivity index (χ0v) is 13.3. The van der Waals surface area contributed by atoms with Crippen molar-refractivity contribution in [1.29, 1.82) is 0 Å². The molecule has 0 aliphatic rings. The van der Waals surface area contributed by atoms with Gasteiger partial charge < -0.3 is 4.98 Å². The molecular weight excluding hydrogens is 331 g/mol. The number of nitrogens with one attached hydrogen (secondary N) is 1. The number of benzene rings is 1. The van der Waals surface area contributed by atoms with Gasteiger partial charge in [-0.3, -0.25) is 9.36 Å². The van der Waals surface area contributed by atoms with Crippen molar-refractivity contribution >= 4 is 5.57 Å². The summed E-state index contributed by atoms with van der Waals surface area (Å²) in [4.78, 5) is 19.1. The molecule has 0 amide bonds. The lowest BCUT2D eigenvalue weighted by atomic mass is 10.0. The number of aromatic amines is 1. The number of aryl methyl sites for hydroxylation is 1. The SMILES string of the molecule is C=C(c1cccc(C(F)(F)F)c1)c1ncc(-n2ccc(C)cc2=O)[nH]1. The number of aromatic nitrogens is 3. The average Bonchev–Trinajstić information content (AvgIpc) is 3.03. The van der Waals surface area contributed by atoms with Gasteiger partial charge in [0, 0.05) is 17.8 Å². The number of imidazole rings is 1. The monoisotopic (exact) mass is 345 g/mol. The smallest absolute Gasteiger partial charge is 0.324 e. The van der Waals surface area contributed by atoms with Crippen LogP contribution >= 0.6 is 0 Å². The summed E-state index contributed by atoms with van der Waals surface area (Å²) in [5.41, 5.74) is 0.436. The molecule has 0 bridgehead atoms. The summed E-state index contributed by atoms with van der Waals surface area (Å²) in [6.07, 6.45) is -1.40. The average molecular weight is 345 g/mol. The number of H-pyrrole nitrogens is 1. The van der Waals surface area contributed by atoms with Crippen molar-refractivity contribution in [2.75, 3.05) is 0 Å². The molecule has 0 fully saturated rings. The second-order valence-corrected chi connectivity index (χ2v) is 5.59. The van der Waals surface area contributed by atoms with Crippen molar-refractivity contribution in [3.63, 3.8) is 0 Å². The Kier molecular flexibility index (Phi) is 4.08. The Hall–Kier alpha value is -3.09. The highest BCUT2D eigenvalue weighted by molar-refractivity contribution is 5.75. The third kappa shape index (κ3) is 3.40. The van der Waals surface area contributed by atoms with Crippen LogP contribution in [0.1, 0.15) is 22.5 Å². The van der Waals surface area contributed by atoms with Gasteiger partial charge in [0.25, 0.3) is 5.56 Å². The Labute approximate surface area is 141 Å². The van der Waals surface area contributed by atoms with Crippen LogP contribution < -0.4 is 5.56 Å². The van der Waals surface area contributed by atoms with Gasteiger partial charge in [0.05, 0.1) is 11.8 Å². The van der Waals surface area contributed by atoms with Crippen molar-refractivity contribution in [1.82, 2.24) is 14.5 Å². The van der Waals surface area contributed by atoms with Gasteiger partial charge in [0.15, 0.2) is 0 Å². The topological polar surface area (TPSA) is 50.7 Å². The Morgan fingerprint density at radius 1 is 1.24 bits per heavy atom. The van der Waals surface area contributed by atoms with Gasteiger partial charge in [0.1, 0.15) is 11.6 Å². The predicted molar refractivity (Wildman–Crippen MR) is 88.5 cm³/mol. The molecule has 0 atom stereocenters. The molecule has 0 saturated carbocycles. The maximum Gasteiger partial charge on any atom is 0.416 e. The molecule has 0 saturated heterocycles. The van der Waals surface area contributed by atoms with Gasteiger partial charge in [-0.25, -0.2) is 4.98 Å². The Morgan fingerprint density at radius 2 is 2.00 bits per heavy atom. The number of pyridine rings is 1. The molecule has 0 aliphatic carbocycles. The summed E-state index contributed by atoms with van der Waals surface area (Å²) in [6.45, 7) is 5.62. The molecule has 0 aliphatic heterocycles. The van der Waals surface area contributed by atoms with Crippen molar-refractivity contribution in [2.45, 2.75) is 13.1 Å². The van der Waals surface area contributed by atoms with E-state index in [-0.39, 0.29) is 5.56 Å². The molecule has 1 aromatic carbocycles. The molecule has 4 nitrogen and oxygen atoms in total. The van der Waals surface area contributed by atoms with Crippen LogP contribution in [0.4, 0.5) is 13.2 Å². The van der Waals surface area contributed by atoms with Crippen LogP contribution in [-0.2, 0) is 6.18 Å². The van der Waals surface area contributed by atoms with E-state index in [2.05, 4.69) is 16.5 Å². The van der Waals surface area contributed by atoms with Gasteiger partial charge in [0.2, 0.25) is 0 Å². The first-order chi connectivity index (χ1) is 11.8. The molecule has 0 radical (unpaired) electrons. The lowest BCUT2D eigenvalue weighted by Gasteiger charge is -2.09. The molecule has 2 aromatic heterocycles. The lowest BCUT2D eigenvalue weighted by molar-refractivity contribution is -0.137. The number of hydrogen-bond acceptors (Lipinski definition) is 2. The third-order valence-corrected chi connectivity index (χ3v) is 3.72. The first-order valence-corrected chi connectivity index (χ1v) is 7.37. The van der Waals surface area contributed by atoms with E-state index in [4.69, 9.17) is 0 Å². The van der Waals surface area contributed by atoms with Gasteiger partial charge in [-0.05, 0) is 36.2 Å². The number of rotatable bonds is 3. The van der Waals surface area contributed by atoms with E-state index in [1.54, 1.807) is 19.2 Å². The van der Waals surface area contributed by atoms with E-state index in [1.807, 2.05) is 0 Å². The fourth-order valence-electron chi connectivity index (χ4n) is 2.38. The fraction of sp³-hybridized carbons (Fsp3) is 0.111. The molecule has 3 aromatic rings. The molecular formula is C18H14F3N3O. The van der Waals surface area contributed by atoms with Gasteiger partial charge >= 0.3 is 6.18 Å². The van der Waals surface area contributed by atoms with Crippen LogP contribution in [0, 0.1) is 6.92 Å². The summed E-state index contributed by atoms with van der Waals surface area (Å²) >= 11 is 0. The highest BCUT2D eigenvalue weighted by atomic mass is 19.4. The standard InChI is InChI=1S/C18H14F3N3O/c1-11-6-7-24(16(25)8-11)15-10-22-17(23-15)12(2)13-4-3-5-14(9-13)18(19,20)21/h3-10H,2H2,1H3,(H,22,23). The molecule has 1 N–H and O–H groups in total. The van der Waals surface area contributed by atoms with Crippen LogP contribution in [-0.4, -0.2) is 14.5 Å². The zero-order valence-electron chi connectivity index (χ0n) is 13.3. The van der Waals surface area contributed by atoms with Crippen LogP contribution in [0.2, 0.25) is 0 Å². The van der Waals surface area contributed by atoms with Crippen molar-refractivity contribution in [3.05, 3.63) is 88.2 Å². The normalized spacial score (nSPS) is 11.5. The van der Waals surface area contributed by atoms with Crippen LogP contribution in [0.3, 0.4) is 0 Å². The van der Waals surface area contributed by atoms with E-state index in [0.717, 1.165) is 17.7 Å². The van der Waals surface area contributed by atoms with Gasteiger partial charge in [-0.1, -0.05) is 18.7 Å². The Morgan fingerprint density at radius 3 is 2.68 bits per heavy atom. The van der Waals surface area contributed by atoms with Crippen LogP contribution in [0.25, 0.3) is 11.4 Å². The molecule has 0 unspecified atom stereocenters. The van der Waals surface area contributed by atoms with Gasteiger partial charge in [-0.15, -0.1) is 0 Å². The minimum atomic E-state index is -4.43. The zero-order chi connectivity index (χ0) is 18.2. The molecule has 2 heterocycles. The quantitative estimate of drug-likeness (QED) is 0.781. The van der Waals surface area contributed by atoms with E-state index >= 15 is 0 Å². The summed E-state index contributed by atoms with van der Waals surface area (Å²) in [6, 6.07) is 8.10. The van der Waals surface area contributed by atoms with Crippen molar-refractivity contribution in [2.24, 2.45) is 0 Å². The van der Waals surface area contributed by atoms with E-state index in [9.17, 15) is 18.0 Å². The van der Waals surface area contributed by atoms with E-state index in [1.165, 1.54) is 29.0 Å². The van der Waals surface area contributed by atoms with Crippen molar-refractivity contribution in [3.8, 4) is 5.82 Å². The minimum Gasteiger partial charge on any atom is -0.324 e.